The van der Waals surface area contributed by atoms with E-state index in [-0.39, 0.29) is 0 Å². The van der Waals surface area contributed by atoms with Crippen molar-refractivity contribution >= 4 is 17.1 Å². The minimum atomic E-state index is 0.602. The summed E-state index contributed by atoms with van der Waals surface area (Å²) in [5, 5.41) is 0. The Labute approximate surface area is 107 Å². The minimum Gasteiger partial charge on any atom is -0.369 e. The van der Waals surface area contributed by atoms with Gasteiger partial charge in [0.2, 0.25) is 5.95 Å². The first-order chi connectivity index (χ1) is 8.75. The molecule has 1 aliphatic carbocycles. The molecule has 4 heteroatoms. The molecule has 0 aliphatic heterocycles. The topological polar surface area (TPSA) is 56.7 Å². The molecule has 0 unspecified atom stereocenters. The van der Waals surface area contributed by atoms with Gasteiger partial charge in [0, 0.05) is 12.7 Å². The van der Waals surface area contributed by atoms with E-state index < -0.39 is 0 Å². The van der Waals surface area contributed by atoms with Crippen LogP contribution in [0, 0.1) is 12.8 Å². The highest BCUT2D eigenvalue weighted by atomic mass is 15.2. The van der Waals surface area contributed by atoms with Crippen molar-refractivity contribution in [2.75, 3.05) is 5.73 Å². The zero-order valence-corrected chi connectivity index (χ0v) is 10.9. The van der Waals surface area contributed by atoms with Crippen molar-refractivity contribution < 1.29 is 0 Å². The monoisotopic (exact) mass is 244 g/mol. The second kappa shape index (κ2) is 4.59. The average Bonchev–Trinajstić information content (AvgIpc) is 2.95. The number of pyridine rings is 1. The Bertz CT molecular complexity index is 552. The molecule has 2 aromatic rings. The SMILES string of the molecule is Cc1ccnc2c1nc(N)n2CCC1CCCC1. The summed E-state index contributed by atoms with van der Waals surface area (Å²) in [7, 11) is 0. The zero-order valence-electron chi connectivity index (χ0n) is 10.9. The lowest BCUT2D eigenvalue weighted by atomic mass is 10.0. The van der Waals surface area contributed by atoms with E-state index in [2.05, 4.69) is 21.5 Å². The van der Waals surface area contributed by atoms with E-state index >= 15 is 0 Å². The molecule has 0 spiro atoms. The third-order valence-corrected chi connectivity index (χ3v) is 4.10. The van der Waals surface area contributed by atoms with E-state index in [1.54, 1.807) is 0 Å². The first-order valence-electron chi connectivity index (χ1n) is 6.83. The molecule has 2 heterocycles. The zero-order chi connectivity index (χ0) is 12.5. The highest BCUT2D eigenvalue weighted by Gasteiger charge is 2.17. The van der Waals surface area contributed by atoms with Gasteiger partial charge in [0.25, 0.3) is 0 Å². The maximum atomic E-state index is 6.02. The van der Waals surface area contributed by atoms with Crippen molar-refractivity contribution in [1.29, 1.82) is 0 Å². The van der Waals surface area contributed by atoms with Crippen LogP contribution in [0.25, 0.3) is 11.2 Å². The second-order valence-corrected chi connectivity index (χ2v) is 5.36. The highest BCUT2D eigenvalue weighted by molar-refractivity contribution is 5.77. The van der Waals surface area contributed by atoms with E-state index in [1.807, 2.05) is 12.3 Å². The van der Waals surface area contributed by atoms with Crippen molar-refractivity contribution in [3.05, 3.63) is 17.8 Å². The fourth-order valence-electron chi connectivity index (χ4n) is 2.99. The maximum absolute atomic E-state index is 6.02. The van der Waals surface area contributed by atoms with Crippen LogP contribution in [0.5, 0.6) is 0 Å². The van der Waals surface area contributed by atoms with Crippen LogP contribution in [0.15, 0.2) is 12.3 Å². The summed E-state index contributed by atoms with van der Waals surface area (Å²) in [6, 6.07) is 1.98. The molecule has 0 aromatic carbocycles. The smallest absolute Gasteiger partial charge is 0.202 e. The van der Waals surface area contributed by atoms with Gasteiger partial charge in [0.15, 0.2) is 5.65 Å². The van der Waals surface area contributed by atoms with Gasteiger partial charge in [0.1, 0.15) is 5.52 Å². The number of nitrogens with zero attached hydrogens (tertiary/aromatic N) is 3. The number of fused-ring (bicyclic) bond motifs is 1. The first-order valence-corrected chi connectivity index (χ1v) is 6.83. The van der Waals surface area contributed by atoms with Gasteiger partial charge in [-0.3, -0.25) is 4.57 Å². The predicted octanol–water partition coefficient (Wildman–Crippen LogP) is 2.90. The second-order valence-electron chi connectivity index (χ2n) is 5.36. The summed E-state index contributed by atoms with van der Waals surface area (Å²) in [6.45, 7) is 3.00. The number of nitrogens with two attached hydrogens (primary N) is 1. The van der Waals surface area contributed by atoms with Crippen molar-refractivity contribution in [2.45, 2.75) is 45.6 Å². The summed E-state index contributed by atoms with van der Waals surface area (Å²) >= 11 is 0. The van der Waals surface area contributed by atoms with E-state index in [1.165, 1.54) is 32.1 Å². The Morgan fingerprint density at radius 3 is 2.94 bits per heavy atom. The highest BCUT2D eigenvalue weighted by Crippen LogP contribution is 2.29. The van der Waals surface area contributed by atoms with Crippen LogP contribution in [-0.4, -0.2) is 14.5 Å². The number of nitrogen functional groups attached to an aromatic ring is 1. The molecule has 2 aromatic heterocycles. The molecule has 1 aliphatic rings. The molecule has 2 N–H and O–H groups in total. The molecule has 4 nitrogen and oxygen atoms in total. The summed E-state index contributed by atoms with van der Waals surface area (Å²) in [6.07, 6.45) is 8.57. The molecule has 18 heavy (non-hydrogen) atoms. The van der Waals surface area contributed by atoms with Gasteiger partial charge in [0.05, 0.1) is 0 Å². The Kier molecular flexibility index (Phi) is 2.94. The molecular formula is C14H20N4. The van der Waals surface area contributed by atoms with Crippen molar-refractivity contribution in [2.24, 2.45) is 5.92 Å². The van der Waals surface area contributed by atoms with Crippen LogP contribution in [0.4, 0.5) is 5.95 Å². The van der Waals surface area contributed by atoms with Gasteiger partial charge < -0.3 is 5.73 Å². The molecule has 96 valence electrons. The van der Waals surface area contributed by atoms with Crippen LogP contribution in [0.2, 0.25) is 0 Å². The van der Waals surface area contributed by atoms with Crippen LogP contribution in [0.1, 0.15) is 37.7 Å². The average molecular weight is 244 g/mol. The molecule has 0 radical (unpaired) electrons. The fourth-order valence-corrected chi connectivity index (χ4v) is 2.99. The van der Waals surface area contributed by atoms with Crippen molar-refractivity contribution in [3.8, 4) is 0 Å². The van der Waals surface area contributed by atoms with Crippen molar-refractivity contribution in [1.82, 2.24) is 14.5 Å². The third-order valence-electron chi connectivity index (χ3n) is 4.10. The molecule has 0 saturated heterocycles. The summed E-state index contributed by atoms with van der Waals surface area (Å²) in [5.41, 5.74) is 9.04. The molecule has 1 fully saturated rings. The number of imidazole rings is 1. The van der Waals surface area contributed by atoms with Gasteiger partial charge in [-0.15, -0.1) is 0 Å². The molecular weight excluding hydrogens is 224 g/mol. The summed E-state index contributed by atoms with van der Waals surface area (Å²) in [5.74, 6) is 1.47. The number of rotatable bonds is 3. The molecule has 0 amide bonds. The first kappa shape index (κ1) is 11.5. The lowest BCUT2D eigenvalue weighted by molar-refractivity contribution is 0.463. The van der Waals surface area contributed by atoms with E-state index in [0.29, 0.717) is 5.95 Å². The van der Waals surface area contributed by atoms with Gasteiger partial charge in [-0.05, 0) is 30.9 Å². The van der Waals surface area contributed by atoms with Crippen molar-refractivity contribution in [3.63, 3.8) is 0 Å². The standard InChI is InChI=1S/C14H20N4/c1-10-6-8-16-13-12(10)17-14(15)18(13)9-7-11-4-2-3-5-11/h6,8,11H,2-5,7,9H2,1H3,(H2,15,17). The third kappa shape index (κ3) is 1.96. The van der Waals surface area contributed by atoms with E-state index in [4.69, 9.17) is 5.73 Å². The molecule has 1 saturated carbocycles. The Balaban J connectivity index is 1.86. The number of hydrogen-bond acceptors (Lipinski definition) is 3. The number of hydrogen-bond donors (Lipinski definition) is 1. The van der Waals surface area contributed by atoms with E-state index in [0.717, 1.165) is 29.2 Å². The lowest BCUT2D eigenvalue weighted by Crippen LogP contribution is -2.07. The Morgan fingerprint density at radius 2 is 2.17 bits per heavy atom. The van der Waals surface area contributed by atoms with Crippen LogP contribution < -0.4 is 5.73 Å². The lowest BCUT2D eigenvalue weighted by Gasteiger charge is -2.10. The molecule has 0 bridgehead atoms. The Hall–Kier alpha value is -1.58. The number of aryl methyl sites for hydroxylation is 2. The maximum Gasteiger partial charge on any atom is 0.202 e. The number of aromatic nitrogens is 3. The van der Waals surface area contributed by atoms with E-state index in [9.17, 15) is 0 Å². The quantitative estimate of drug-likeness (QED) is 0.903. The summed E-state index contributed by atoms with van der Waals surface area (Å²) < 4.78 is 2.07. The van der Waals surface area contributed by atoms with Gasteiger partial charge in [-0.25, -0.2) is 9.97 Å². The van der Waals surface area contributed by atoms with Gasteiger partial charge in [-0.2, -0.15) is 0 Å². The van der Waals surface area contributed by atoms with Crippen LogP contribution >= 0.6 is 0 Å². The minimum absolute atomic E-state index is 0.602. The van der Waals surface area contributed by atoms with Crippen LogP contribution in [-0.2, 0) is 6.54 Å². The molecule has 3 rings (SSSR count). The largest absolute Gasteiger partial charge is 0.369 e. The summed E-state index contributed by atoms with van der Waals surface area (Å²) in [4.78, 5) is 8.86. The van der Waals surface area contributed by atoms with Gasteiger partial charge >= 0.3 is 0 Å². The fraction of sp³-hybridized carbons (Fsp3) is 0.571. The predicted molar refractivity (Wildman–Crippen MR) is 73.3 cm³/mol. The molecule has 0 atom stereocenters. The number of anilines is 1. The van der Waals surface area contributed by atoms with Crippen LogP contribution in [0.3, 0.4) is 0 Å². The Morgan fingerprint density at radius 1 is 1.39 bits per heavy atom. The van der Waals surface area contributed by atoms with Gasteiger partial charge in [-0.1, -0.05) is 25.7 Å². The normalized spacial score (nSPS) is 16.7.